The molecular weight excluding hydrogens is 408 g/mol. The fraction of sp³-hybridized carbons (Fsp3) is 0.412. The number of alkyl carbamates (subject to hydrolysis) is 2. The van der Waals surface area contributed by atoms with Gasteiger partial charge >= 0.3 is 18.2 Å². The Labute approximate surface area is 170 Å². The number of nitrogens with one attached hydrogen (secondary N) is 2. The summed E-state index contributed by atoms with van der Waals surface area (Å²) in [5.41, 5.74) is 4.56. The van der Waals surface area contributed by atoms with Gasteiger partial charge in [-0.15, -0.1) is 0 Å². The lowest BCUT2D eigenvalue weighted by atomic mass is 10.2. The molecule has 0 bridgehead atoms. The van der Waals surface area contributed by atoms with Gasteiger partial charge in [-0.2, -0.15) is 0 Å². The molecule has 2 aromatic rings. The molecule has 12 heteroatoms. The maximum absolute atomic E-state index is 12.0. The average Bonchev–Trinajstić information content (AvgIpc) is 2.97. The quantitative estimate of drug-likeness (QED) is 0.633. The van der Waals surface area contributed by atoms with Gasteiger partial charge in [0.05, 0.1) is 5.39 Å². The van der Waals surface area contributed by atoms with Crippen molar-refractivity contribution in [3.8, 4) is 5.88 Å². The van der Waals surface area contributed by atoms with E-state index in [0.29, 0.717) is 16.0 Å². The number of ether oxygens (including phenoxy) is 3. The first-order chi connectivity index (χ1) is 13.5. The Hall–Kier alpha value is -3.21. The number of hydrogen-bond acceptors (Lipinski definition) is 8. The number of primary amides is 1. The molecule has 4 amide bonds. The number of aromatic nitrogens is 1. The number of amides is 4. The van der Waals surface area contributed by atoms with Gasteiger partial charge in [-0.05, 0) is 44.1 Å². The van der Waals surface area contributed by atoms with Crippen LogP contribution in [-0.2, 0) is 9.47 Å². The van der Waals surface area contributed by atoms with Crippen LogP contribution in [0.5, 0.6) is 5.88 Å². The molecule has 4 N–H and O–H groups in total. The van der Waals surface area contributed by atoms with Crippen LogP contribution in [0.2, 0.25) is 5.02 Å². The summed E-state index contributed by atoms with van der Waals surface area (Å²) >= 11 is 5.97. The van der Waals surface area contributed by atoms with Crippen LogP contribution in [-0.4, -0.2) is 48.2 Å². The smallest absolute Gasteiger partial charge is 0.415 e. The number of benzene rings is 1. The SMILES string of the molecule is CC(C)(C)OC(=O)NC(COC(=O)NC(N)=O)COc1noc2ccc(Cl)cc12. The van der Waals surface area contributed by atoms with E-state index in [4.69, 9.17) is 36.1 Å². The van der Waals surface area contributed by atoms with Crippen molar-refractivity contribution < 1.29 is 33.1 Å². The predicted molar refractivity (Wildman–Crippen MR) is 102 cm³/mol. The molecule has 0 fully saturated rings. The molecule has 1 unspecified atom stereocenters. The summed E-state index contributed by atoms with van der Waals surface area (Å²) in [7, 11) is 0. The van der Waals surface area contributed by atoms with Gasteiger partial charge in [0, 0.05) is 5.02 Å². The van der Waals surface area contributed by atoms with Gasteiger partial charge in [0.1, 0.15) is 24.9 Å². The van der Waals surface area contributed by atoms with Gasteiger partial charge in [0.25, 0.3) is 5.88 Å². The van der Waals surface area contributed by atoms with Crippen molar-refractivity contribution in [2.24, 2.45) is 5.73 Å². The lowest BCUT2D eigenvalue weighted by molar-refractivity contribution is 0.0441. The Balaban J connectivity index is 2.04. The number of hydrogen-bond donors (Lipinski definition) is 3. The molecular formula is C17H21ClN4O7. The van der Waals surface area contributed by atoms with E-state index in [2.05, 4.69) is 10.5 Å². The summed E-state index contributed by atoms with van der Waals surface area (Å²) in [6.45, 7) is 4.59. The summed E-state index contributed by atoms with van der Waals surface area (Å²) in [4.78, 5) is 34.2. The van der Waals surface area contributed by atoms with Gasteiger partial charge in [0.2, 0.25) is 0 Å². The lowest BCUT2D eigenvalue weighted by Gasteiger charge is -2.23. The number of urea groups is 1. The van der Waals surface area contributed by atoms with Gasteiger partial charge in [-0.1, -0.05) is 11.6 Å². The van der Waals surface area contributed by atoms with Crippen molar-refractivity contribution in [3.63, 3.8) is 0 Å². The van der Waals surface area contributed by atoms with E-state index in [-0.39, 0.29) is 19.1 Å². The summed E-state index contributed by atoms with van der Waals surface area (Å²) in [6, 6.07) is 2.96. The minimum absolute atomic E-state index is 0.139. The lowest BCUT2D eigenvalue weighted by Crippen LogP contribution is -2.46. The summed E-state index contributed by atoms with van der Waals surface area (Å²) in [5.74, 6) is 0.139. The number of halogens is 1. The van der Waals surface area contributed by atoms with Crippen LogP contribution in [0.4, 0.5) is 14.4 Å². The molecule has 1 aromatic heterocycles. The summed E-state index contributed by atoms with van der Waals surface area (Å²) < 4.78 is 20.7. The molecule has 11 nitrogen and oxygen atoms in total. The Morgan fingerprint density at radius 1 is 1.24 bits per heavy atom. The third-order valence-electron chi connectivity index (χ3n) is 3.18. The van der Waals surface area contributed by atoms with Gasteiger partial charge in [-0.25, -0.2) is 19.7 Å². The zero-order chi connectivity index (χ0) is 21.6. The Morgan fingerprint density at radius 3 is 2.62 bits per heavy atom. The number of nitrogens with two attached hydrogens (primary N) is 1. The largest absolute Gasteiger partial charge is 0.473 e. The monoisotopic (exact) mass is 428 g/mol. The zero-order valence-electron chi connectivity index (χ0n) is 16.0. The highest BCUT2D eigenvalue weighted by molar-refractivity contribution is 6.31. The number of imide groups is 1. The Kier molecular flexibility index (Phi) is 7.10. The molecule has 1 atom stereocenters. The van der Waals surface area contributed by atoms with Crippen LogP contribution in [0.15, 0.2) is 22.7 Å². The normalized spacial score (nSPS) is 12.1. The number of nitrogens with zero attached hydrogens (tertiary/aromatic N) is 1. The molecule has 1 aromatic carbocycles. The van der Waals surface area contributed by atoms with Crippen LogP contribution in [0.3, 0.4) is 0 Å². The first-order valence-electron chi connectivity index (χ1n) is 8.44. The van der Waals surface area contributed by atoms with Crippen molar-refractivity contribution in [2.75, 3.05) is 13.2 Å². The molecule has 0 saturated carbocycles. The first-order valence-corrected chi connectivity index (χ1v) is 8.82. The van der Waals surface area contributed by atoms with E-state index < -0.39 is 29.9 Å². The average molecular weight is 429 g/mol. The van der Waals surface area contributed by atoms with Crippen LogP contribution in [0.25, 0.3) is 11.0 Å². The Bertz CT molecular complexity index is 894. The molecule has 0 aliphatic heterocycles. The molecule has 1 heterocycles. The van der Waals surface area contributed by atoms with E-state index >= 15 is 0 Å². The molecule has 0 spiro atoms. The van der Waals surface area contributed by atoms with E-state index in [1.165, 1.54) is 0 Å². The van der Waals surface area contributed by atoms with Gasteiger partial charge in [-0.3, -0.25) is 0 Å². The van der Waals surface area contributed by atoms with E-state index in [1.54, 1.807) is 44.3 Å². The fourth-order valence-electron chi connectivity index (χ4n) is 2.09. The third kappa shape index (κ3) is 7.37. The van der Waals surface area contributed by atoms with Gasteiger partial charge < -0.3 is 29.8 Å². The van der Waals surface area contributed by atoms with E-state index in [1.807, 2.05) is 0 Å². The number of rotatable bonds is 6. The maximum atomic E-state index is 12.0. The van der Waals surface area contributed by atoms with Crippen molar-refractivity contribution >= 4 is 40.8 Å². The second-order valence-electron chi connectivity index (χ2n) is 6.87. The van der Waals surface area contributed by atoms with Crippen LogP contribution in [0, 0.1) is 0 Å². The third-order valence-corrected chi connectivity index (χ3v) is 3.42. The van der Waals surface area contributed by atoms with Crippen LogP contribution >= 0.6 is 11.6 Å². The predicted octanol–water partition coefficient (Wildman–Crippen LogP) is 2.56. The van der Waals surface area contributed by atoms with Crippen molar-refractivity contribution in [3.05, 3.63) is 23.2 Å². The molecule has 158 valence electrons. The highest BCUT2D eigenvalue weighted by Crippen LogP contribution is 2.27. The van der Waals surface area contributed by atoms with Crippen LogP contribution < -0.4 is 21.1 Å². The molecule has 2 rings (SSSR count). The number of carbonyl (C=O) groups is 3. The standard InChI is InChI=1S/C17H21ClN4O7/c1-17(2,3)28-16(25)20-10(8-27-15(24)21-14(19)23)7-26-13-11-6-9(18)4-5-12(11)29-22-13/h4-6,10H,7-8H2,1-3H3,(H,20,25)(H3,19,21,23,24). The maximum Gasteiger partial charge on any atom is 0.415 e. The fourth-order valence-corrected chi connectivity index (χ4v) is 2.26. The first kappa shape index (κ1) is 22.1. The summed E-state index contributed by atoms with van der Waals surface area (Å²) in [5, 5.41) is 9.04. The second-order valence-corrected chi connectivity index (χ2v) is 7.31. The summed E-state index contributed by atoms with van der Waals surface area (Å²) in [6.07, 6.45) is -1.83. The highest BCUT2D eigenvalue weighted by Gasteiger charge is 2.22. The number of fused-ring (bicyclic) bond motifs is 1. The molecule has 0 radical (unpaired) electrons. The van der Waals surface area contributed by atoms with Crippen molar-refractivity contribution in [2.45, 2.75) is 32.4 Å². The topological polar surface area (TPSA) is 155 Å². The van der Waals surface area contributed by atoms with E-state index in [9.17, 15) is 14.4 Å². The molecule has 0 saturated heterocycles. The van der Waals surface area contributed by atoms with Crippen LogP contribution in [0.1, 0.15) is 20.8 Å². The van der Waals surface area contributed by atoms with E-state index in [0.717, 1.165) is 0 Å². The minimum atomic E-state index is -1.08. The van der Waals surface area contributed by atoms with Crippen molar-refractivity contribution in [1.29, 1.82) is 0 Å². The number of carbonyl (C=O) groups excluding carboxylic acids is 3. The molecule has 29 heavy (non-hydrogen) atoms. The second kappa shape index (κ2) is 9.32. The Morgan fingerprint density at radius 2 is 1.97 bits per heavy atom. The van der Waals surface area contributed by atoms with Gasteiger partial charge in [0.15, 0.2) is 5.58 Å². The minimum Gasteiger partial charge on any atom is -0.473 e. The molecule has 0 aliphatic carbocycles. The zero-order valence-corrected chi connectivity index (χ0v) is 16.7. The molecule has 0 aliphatic rings. The highest BCUT2D eigenvalue weighted by atomic mass is 35.5. The van der Waals surface area contributed by atoms with Crippen molar-refractivity contribution in [1.82, 2.24) is 15.8 Å².